The third kappa shape index (κ3) is 5.13. The summed E-state index contributed by atoms with van der Waals surface area (Å²) in [6.07, 6.45) is 3.61. The van der Waals surface area contributed by atoms with Gasteiger partial charge >= 0.3 is 5.97 Å². The number of carbonyl (C=O) groups excluding carboxylic acids is 3. The van der Waals surface area contributed by atoms with Crippen LogP contribution in [0.4, 0.5) is 10.7 Å². The summed E-state index contributed by atoms with van der Waals surface area (Å²) in [6.45, 7) is 0.901. The molecule has 0 aliphatic heterocycles. The van der Waals surface area contributed by atoms with E-state index in [1.54, 1.807) is 12.1 Å². The van der Waals surface area contributed by atoms with Crippen LogP contribution in [0.25, 0.3) is 0 Å². The Bertz CT molecular complexity index is 1010. The van der Waals surface area contributed by atoms with E-state index in [1.807, 2.05) is 0 Å². The van der Waals surface area contributed by atoms with Gasteiger partial charge in [0.25, 0.3) is 5.91 Å². The Kier molecular flexibility index (Phi) is 7.57. The number of thiophene rings is 1. The number of methoxy groups -OCH3 is 3. The zero-order valence-corrected chi connectivity index (χ0v) is 19.3. The Morgan fingerprint density at radius 1 is 0.969 bits per heavy atom. The van der Waals surface area contributed by atoms with Crippen molar-refractivity contribution in [2.45, 2.75) is 32.6 Å². The van der Waals surface area contributed by atoms with Crippen molar-refractivity contribution >= 4 is 39.8 Å². The summed E-state index contributed by atoms with van der Waals surface area (Å²) in [5, 5.41) is 5.84. The summed E-state index contributed by atoms with van der Waals surface area (Å²) in [5.74, 6) is -0.274. The molecular weight excluding hydrogens is 436 g/mol. The molecule has 172 valence electrons. The fourth-order valence-electron chi connectivity index (χ4n) is 3.58. The van der Waals surface area contributed by atoms with Gasteiger partial charge in [-0.05, 0) is 31.2 Å². The third-order valence-corrected chi connectivity index (χ3v) is 6.16. The van der Waals surface area contributed by atoms with Crippen molar-refractivity contribution in [3.05, 3.63) is 28.1 Å². The lowest BCUT2D eigenvalue weighted by atomic mass is 9.95. The van der Waals surface area contributed by atoms with Crippen molar-refractivity contribution < 1.29 is 33.3 Å². The molecule has 32 heavy (non-hydrogen) atoms. The van der Waals surface area contributed by atoms with Gasteiger partial charge in [-0.15, -0.1) is 11.3 Å². The fraction of sp³-hybridized carbons (Fsp3) is 0.409. The van der Waals surface area contributed by atoms with Crippen LogP contribution in [0.15, 0.2) is 12.1 Å². The van der Waals surface area contributed by atoms with E-state index in [9.17, 15) is 14.4 Å². The second-order valence-electron chi connectivity index (χ2n) is 7.13. The first-order chi connectivity index (χ1) is 15.4. The van der Waals surface area contributed by atoms with Crippen molar-refractivity contribution in [3.8, 4) is 17.2 Å². The summed E-state index contributed by atoms with van der Waals surface area (Å²) >= 11 is 1.39. The largest absolute Gasteiger partial charge is 0.493 e. The molecule has 0 radical (unpaired) electrons. The first-order valence-electron chi connectivity index (χ1n) is 10.1. The zero-order chi connectivity index (χ0) is 23.3. The molecule has 0 saturated heterocycles. The lowest BCUT2D eigenvalue weighted by Gasteiger charge is -2.15. The van der Waals surface area contributed by atoms with Crippen LogP contribution in [-0.2, 0) is 27.2 Å². The molecule has 3 rings (SSSR count). The van der Waals surface area contributed by atoms with Crippen molar-refractivity contribution in [1.82, 2.24) is 0 Å². The molecule has 0 fully saturated rings. The zero-order valence-electron chi connectivity index (χ0n) is 18.5. The van der Waals surface area contributed by atoms with Crippen LogP contribution in [-0.4, -0.2) is 45.7 Å². The number of benzene rings is 1. The molecular formula is C22H26N2O7S. The number of amides is 2. The number of rotatable bonds is 8. The van der Waals surface area contributed by atoms with Crippen molar-refractivity contribution in [3.63, 3.8) is 0 Å². The first-order valence-corrected chi connectivity index (χ1v) is 10.9. The molecule has 1 aliphatic carbocycles. The summed E-state index contributed by atoms with van der Waals surface area (Å²) in [7, 11) is 4.42. The maximum Gasteiger partial charge on any atom is 0.341 e. The number of carbonyl (C=O) groups is 3. The Morgan fingerprint density at radius 2 is 1.62 bits per heavy atom. The molecule has 0 saturated carbocycles. The Balaban J connectivity index is 1.71. The molecule has 0 spiro atoms. The average molecular weight is 463 g/mol. The highest BCUT2D eigenvalue weighted by molar-refractivity contribution is 7.17. The van der Waals surface area contributed by atoms with Gasteiger partial charge in [0.05, 0.1) is 26.9 Å². The number of ether oxygens (including phenoxy) is 4. The van der Waals surface area contributed by atoms with E-state index in [4.69, 9.17) is 18.9 Å². The van der Waals surface area contributed by atoms with Gasteiger partial charge in [-0.25, -0.2) is 4.79 Å². The molecule has 1 aliphatic rings. The number of hydrogen-bond acceptors (Lipinski definition) is 8. The van der Waals surface area contributed by atoms with Crippen LogP contribution in [0, 0.1) is 0 Å². The molecule has 0 atom stereocenters. The maximum atomic E-state index is 12.8. The standard InChI is InChI=1S/C22H26N2O7S/c1-12(25)23-21-19(14-7-5-6-8-17(14)32-21)22(27)31-11-18(26)24-13-9-15(28-2)20(30-4)16(10-13)29-3/h9-10H,5-8,11H2,1-4H3,(H,23,25)(H,24,26). The van der Waals surface area contributed by atoms with Gasteiger partial charge in [0.2, 0.25) is 11.7 Å². The monoisotopic (exact) mass is 462 g/mol. The molecule has 0 bridgehead atoms. The topological polar surface area (TPSA) is 112 Å². The molecule has 1 aromatic heterocycles. The molecule has 10 heteroatoms. The molecule has 1 aromatic carbocycles. The molecule has 2 N–H and O–H groups in total. The van der Waals surface area contributed by atoms with Crippen LogP contribution >= 0.6 is 11.3 Å². The Labute approximate surface area is 190 Å². The second-order valence-corrected chi connectivity index (χ2v) is 8.24. The van der Waals surface area contributed by atoms with Gasteiger partial charge < -0.3 is 29.6 Å². The third-order valence-electron chi connectivity index (χ3n) is 4.95. The maximum absolute atomic E-state index is 12.8. The van der Waals surface area contributed by atoms with Crippen LogP contribution in [0.1, 0.15) is 40.6 Å². The van der Waals surface area contributed by atoms with Crippen LogP contribution in [0.5, 0.6) is 17.2 Å². The number of nitrogens with one attached hydrogen (secondary N) is 2. The van der Waals surface area contributed by atoms with Gasteiger partial charge in [-0.2, -0.15) is 0 Å². The predicted molar refractivity (Wildman–Crippen MR) is 120 cm³/mol. The lowest BCUT2D eigenvalue weighted by Crippen LogP contribution is -2.22. The minimum Gasteiger partial charge on any atom is -0.493 e. The number of aryl methyl sites for hydroxylation is 1. The van der Waals surface area contributed by atoms with E-state index in [0.29, 0.717) is 33.5 Å². The second kappa shape index (κ2) is 10.4. The number of esters is 1. The molecule has 1 heterocycles. The summed E-state index contributed by atoms with van der Waals surface area (Å²) in [5.41, 5.74) is 1.65. The number of hydrogen-bond donors (Lipinski definition) is 2. The van der Waals surface area contributed by atoms with Gasteiger partial charge in [0.1, 0.15) is 5.00 Å². The number of fused-ring (bicyclic) bond motifs is 1. The highest BCUT2D eigenvalue weighted by Gasteiger charge is 2.27. The summed E-state index contributed by atoms with van der Waals surface area (Å²) in [6, 6.07) is 3.15. The van der Waals surface area contributed by atoms with Crippen LogP contribution in [0.2, 0.25) is 0 Å². The minimum absolute atomic E-state index is 0.266. The summed E-state index contributed by atoms with van der Waals surface area (Å²) in [4.78, 5) is 37.9. The molecule has 2 aromatic rings. The van der Waals surface area contributed by atoms with Gasteiger partial charge in [-0.1, -0.05) is 0 Å². The number of anilines is 2. The highest BCUT2D eigenvalue weighted by atomic mass is 32.1. The van der Waals surface area contributed by atoms with E-state index in [0.717, 1.165) is 36.1 Å². The summed E-state index contributed by atoms with van der Waals surface area (Å²) < 4.78 is 21.1. The quantitative estimate of drug-likeness (QED) is 0.578. The van der Waals surface area contributed by atoms with E-state index in [-0.39, 0.29) is 5.91 Å². The highest BCUT2D eigenvalue weighted by Crippen LogP contribution is 2.40. The van der Waals surface area contributed by atoms with Crippen molar-refractivity contribution in [2.75, 3.05) is 38.6 Å². The predicted octanol–water partition coefficient (Wildman–Crippen LogP) is 3.41. The van der Waals surface area contributed by atoms with E-state index in [2.05, 4.69) is 10.6 Å². The smallest absolute Gasteiger partial charge is 0.341 e. The normalized spacial score (nSPS) is 12.4. The van der Waals surface area contributed by atoms with E-state index < -0.39 is 18.5 Å². The van der Waals surface area contributed by atoms with Crippen LogP contribution < -0.4 is 24.8 Å². The van der Waals surface area contributed by atoms with Gasteiger partial charge in [0, 0.05) is 29.6 Å². The SMILES string of the molecule is COc1cc(NC(=O)COC(=O)c2c(NC(C)=O)sc3c2CCCC3)cc(OC)c1OC. The van der Waals surface area contributed by atoms with Crippen molar-refractivity contribution in [2.24, 2.45) is 0 Å². The average Bonchev–Trinajstić information content (AvgIpc) is 3.13. The minimum atomic E-state index is -0.631. The molecule has 9 nitrogen and oxygen atoms in total. The van der Waals surface area contributed by atoms with Crippen LogP contribution in [0.3, 0.4) is 0 Å². The van der Waals surface area contributed by atoms with E-state index in [1.165, 1.54) is 39.6 Å². The fourth-order valence-corrected chi connectivity index (χ4v) is 4.91. The molecule has 2 amide bonds. The Morgan fingerprint density at radius 3 is 2.22 bits per heavy atom. The van der Waals surface area contributed by atoms with Gasteiger partial charge in [0.15, 0.2) is 18.1 Å². The van der Waals surface area contributed by atoms with Gasteiger partial charge in [-0.3, -0.25) is 9.59 Å². The Hall–Kier alpha value is -3.27. The first kappa shape index (κ1) is 23.4. The van der Waals surface area contributed by atoms with E-state index >= 15 is 0 Å². The lowest BCUT2D eigenvalue weighted by molar-refractivity contribution is -0.119. The van der Waals surface area contributed by atoms with Crippen molar-refractivity contribution in [1.29, 1.82) is 0 Å². The molecule has 0 unspecified atom stereocenters.